The Kier molecular flexibility index (Phi) is 7.49. The second kappa shape index (κ2) is 10.1. The maximum absolute atomic E-state index is 12.5. The Bertz CT molecular complexity index is 1120. The first-order valence-electron chi connectivity index (χ1n) is 9.85. The van der Waals surface area contributed by atoms with E-state index < -0.39 is 28.4 Å². The highest BCUT2D eigenvalue weighted by molar-refractivity contribution is 7.89. The van der Waals surface area contributed by atoms with Gasteiger partial charge in [-0.25, -0.2) is 8.42 Å². The molecule has 3 N–H and O–H groups in total. The molecule has 1 heterocycles. The van der Waals surface area contributed by atoms with E-state index in [9.17, 15) is 22.8 Å². The van der Waals surface area contributed by atoms with Crippen LogP contribution in [0.2, 0.25) is 5.02 Å². The molecular formula is C21H23ClN4O5S. The minimum Gasteiger partial charge on any atom is -0.326 e. The highest BCUT2D eigenvalue weighted by Gasteiger charge is 2.26. The van der Waals surface area contributed by atoms with E-state index in [1.54, 1.807) is 0 Å². The predicted molar refractivity (Wildman–Crippen MR) is 119 cm³/mol. The lowest BCUT2D eigenvalue weighted by Crippen LogP contribution is -2.46. The number of rotatable bonds is 7. The Balaban J connectivity index is 1.44. The first-order chi connectivity index (χ1) is 15.2. The molecular weight excluding hydrogens is 456 g/mol. The smallest absolute Gasteiger partial charge is 0.253 e. The molecule has 0 spiro atoms. The summed E-state index contributed by atoms with van der Waals surface area (Å²) in [5, 5.41) is 3.22. The van der Waals surface area contributed by atoms with Crippen molar-refractivity contribution in [1.82, 2.24) is 15.2 Å². The van der Waals surface area contributed by atoms with Gasteiger partial charge in [-0.2, -0.15) is 4.31 Å². The third-order valence-electron chi connectivity index (χ3n) is 5.06. The van der Waals surface area contributed by atoms with E-state index in [2.05, 4.69) is 16.2 Å². The minimum absolute atomic E-state index is 0.00596. The van der Waals surface area contributed by atoms with Crippen molar-refractivity contribution in [2.24, 2.45) is 5.92 Å². The van der Waals surface area contributed by atoms with Gasteiger partial charge in [0.15, 0.2) is 0 Å². The second-order valence-corrected chi connectivity index (χ2v) is 9.88. The monoisotopic (exact) mass is 478 g/mol. The molecule has 0 aliphatic carbocycles. The fourth-order valence-electron chi connectivity index (χ4n) is 3.27. The molecule has 9 nitrogen and oxygen atoms in total. The molecule has 2 aromatic carbocycles. The van der Waals surface area contributed by atoms with Gasteiger partial charge in [0.25, 0.3) is 5.91 Å². The number of likely N-dealkylation sites (N-methyl/N-ethyl adjacent to an activating group) is 1. The summed E-state index contributed by atoms with van der Waals surface area (Å²) in [5.41, 5.74) is 6.24. The molecule has 1 atom stereocenters. The summed E-state index contributed by atoms with van der Waals surface area (Å²) in [4.78, 5) is 36.3. The van der Waals surface area contributed by atoms with Crippen LogP contribution >= 0.6 is 11.6 Å². The van der Waals surface area contributed by atoms with Crippen LogP contribution in [0.3, 0.4) is 0 Å². The zero-order chi connectivity index (χ0) is 23.3. The van der Waals surface area contributed by atoms with E-state index in [0.29, 0.717) is 17.9 Å². The lowest BCUT2D eigenvalue weighted by Gasteiger charge is -2.24. The number of hydrogen-bond acceptors (Lipinski definition) is 5. The molecule has 0 fully saturated rings. The van der Waals surface area contributed by atoms with Crippen LogP contribution < -0.4 is 16.2 Å². The number of para-hydroxylation sites is 1. The molecule has 3 amide bonds. The van der Waals surface area contributed by atoms with Gasteiger partial charge in [-0.05, 0) is 48.7 Å². The van der Waals surface area contributed by atoms with Crippen LogP contribution in [-0.4, -0.2) is 44.0 Å². The normalized spacial score (nSPS) is 15.6. The van der Waals surface area contributed by atoms with E-state index >= 15 is 0 Å². The number of anilines is 1. The number of sulfonamides is 1. The standard InChI is InChI=1S/C21H23ClN4O5S/c1-26(32(30,31)17-9-7-16(22)8-10-17)13-20(28)25-24-19(27)11-6-15-12-14-4-2-3-5-18(14)23-21(15)29/h2-5,7-10,15H,6,11-13H2,1H3,(H,23,29)(H,24,27)(H,25,28)/t15-/m1/s1. The summed E-state index contributed by atoms with van der Waals surface area (Å²) in [6, 6.07) is 13.0. The Labute approximate surface area is 191 Å². The minimum atomic E-state index is -3.89. The topological polar surface area (TPSA) is 125 Å². The fourth-order valence-corrected chi connectivity index (χ4v) is 4.52. The number of halogens is 1. The van der Waals surface area contributed by atoms with E-state index in [0.717, 1.165) is 15.6 Å². The van der Waals surface area contributed by atoms with Crippen molar-refractivity contribution in [2.75, 3.05) is 18.9 Å². The fraction of sp³-hybridized carbons (Fsp3) is 0.286. The van der Waals surface area contributed by atoms with Crippen LogP contribution in [0.25, 0.3) is 0 Å². The van der Waals surface area contributed by atoms with Crippen LogP contribution in [0.4, 0.5) is 5.69 Å². The molecule has 11 heteroatoms. The third kappa shape index (κ3) is 5.84. The molecule has 1 aliphatic heterocycles. The molecule has 0 aromatic heterocycles. The molecule has 0 saturated carbocycles. The molecule has 32 heavy (non-hydrogen) atoms. The van der Waals surface area contributed by atoms with E-state index in [1.165, 1.54) is 31.3 Å². The van der Waals surface area contributed by atoms with Gasteiger partial charge in [-0.3, -0.25) is 25.2 Å². The van der Waals surface area contributed by atoms with Crippen molar-refractivity contribution in [3.63, 3.8) is 0 Å². The number of carbonyl (C=O) groups is 3. The Hall–Kier alpha value is -2.95. The van der Waals surface area contributed by atoms with E-state index in [4.69, 9.17) is 11.6 Å². The lowest BCUT2D eigenvalue weighted by molar-refractivity contribution is -0.129. The summed E-state index contributed by atoms with van der Waals surface area (Å²) < 4.78 is 25.8. The zero-order valence-electron chi connectivity index (χ0n) is 17.3. The first-order valence-corrected chi connectivity index (χ1v) is 11.7. The number of benzene rings is 2. The van der Waals surface area contributed by atoms with Crippen molar-refractivity contribution >= 4 is 45.0 Å². The highest BCUT2D eigenvalue weighted by atomic mass is 35.5. The summed E-state index contributed by atoms with van der Waals surface area (Å²) in [7, 11) is -2.63. The molecule has 1 aliphatic rings. The predicted octanol–water partition coefficient (Wildman–Crippen LogP) is 1.70. The van der Waals surface area contributed by atoms with Crippen molar-refractivity contribution < 1.29 is 22.8 Å². The van der Waals surface area contributed by atoms with Gasteiger partial charge in [0.2, 0.25) is 21.8 Å². The Morgan fingerprint density at radius 2 is 1.75 bits per heavy atom. The van der Waals surface area contributed by atoms with Crippen LogP contribution in [0.5, 0.6) is 0 Å². The van der Waals surface area contributed by atoms with Gasteiger partial charge in [0.1, 0.15) is 0 Å². The summed E-state index contributed by atoms with van der Waals surface area (Å²) in [6.07, 6.45) is 0.876. The van der Waals surface area contributed by atoms with Gasteiger partial charge < -0.3 is 5.32 Å². The van der Waals surface area contributed by atoms with E-state index in [-0.39, 0.29) is 23.1 Å². The van der Waals surface area contributed by atoms with Gasteiger partial charge in [0.05, 0.1) is 11.4 Å². The van der Waals surface area contributed by atoms with Gasteiger partial charge in [-0.15, -0.1) is 0 Å². The zero-order valence-corrected chi connectivity index (χ0v) is 18.9. The van der Waals surface area contributed by atoms with Crippen LogP contribution in [0.1, 0.15) is 18.4 Å². The molecule has 0 saturated heterocycles. The molecule has 2 aromatic rings. The maximum Gasteiger partial charge on any atom is 0.253 e. The van der Waals surface area contributed by atoms with E-state index in [1.807, 2.05) is 24.3 Å². The molecule has 0 bridgehead atoms. The van der Waals surface area contributed by atoms with Gasteiger partial charge in [-0.1, -0.05) is 29.8 Å². The molecule has 0 radical (unpaired) electrons. The summed E-state index contributed by atoms with van der Waals surface area (Å²) in [6.45, 7) is -0.493. The first kappa shape index (κ1) is 23.7. The second-order valence-electron chi connectivity index (χ2n) is 7.40. The Morgan fingerprint density at radius 3 is 2.47 bits per heavy atom. The number of fused-ring (bicyclic) bond motifs is 1. The number of nitrogens with zero attached hydrogens (tertiary/aromatic N) is 1. The van der Waals surface area contributed by atoms with Gasteiger partial charge >= 0.3 is 0 Å². The molecule has 3 rings (SSSR count). The van der Waals surface area contributed by atoms with Crippen LogP contribution in [0, 0.1) is 5.92 Å². The average molecular weight is 479 g/mol. The number of nitrogens with one attached hydrogen (secondary N) is 3. The molecule has 170 valence electrons. The number of hydrazine groups is 1. The summed E-state index contributed by atoms with van der Waals surface area (Å²) >= 11 is 5.77. The maximum atomic E-state index is 12.5. The largest absolute Gasteiger partial charge is 0.326 e. The third-order valence-corrected chi connectivity index (χ3v) is 7.13. The van der Waals surface area contributed by atoms with Crippen LogP contribution in [-0.2, 0) is 30.8 Å². The molecule has 0 unspecified atom stereocenters. The number of hydrogen-bond donors (Lipinski definition) is 3. The highest BCUT2D eigenvalue weighted by Crippen LogP contribution is 2.27. The lowest BCUT2D eigenvalue weighted by atomic mass is 9.89. The van der Waals surface area contributed by atoms with Crippen molar-refractivity contribution in [3.05, 3.63) is 59.1 Å². The summed E-state index contributed by atoms with van der Waals surface area (Å²) in [5.74, 6) is -1.67. The van der Waals surface area contributed by atoms with Crippen molar-refractivity contribution in [1.29, 1.82) is 0 Å². The van der Waals surface area contributed by atoms with Crippen molar-refractivity contribution in [2.45, 2.75) is 24.2 Å². The van der Waals surface area contributed by atoms with Crippen LogP contribution in [0.15, 0.2) is 53.4 Å². The average Bonchev–Trinajstić information content (AvgIpc) is 2.76. The SMILES string of the molecule is CN(CC(=O)NNC(=O)CC[C@@H]1Cc2ccccc2NC1=O)S(=O)(=O)c1ccc(Cl)cc1. The number of carbonyl (C=O) groups excluding carboxylic acids is 3. The Morgan fingerprint density at radius 1 is 1.09 bits per heavy atom. The quantitative estimate of drug-likeness (QED) is 0.522. The van der Waals surface area contributed by atoms with Gasteiger partial charge in [0, 0.05) is 30.1 Å². The van der Waals surface area contributed by atoms with Crippen molar-refractivity contribution in [3.8, 4) is 0 Å². The number of amides is 3.